The summed E-state index contributed by atoms with van der Waals surface area (Å²) >= 11 is 0. The molecule has 0 heterocycles. The lowest BCUT2D eigenvalue weighted by atomic mass is 9.97. The number of urea groups is 1. The molecule has 0 aliphatic heterocycles. The predicted molar refractivity (Wildman–Crippen MR) is 92.0 cm³/mol. The van der Waals surface area contributed by atoms with E-state index >= 15 is 0 Å². The first kappa shape index (κ1) is 20.3. The van der Waals surface area contributed by atoms with Crippen molar-refractivity contribution in [1.29, 1.82) is 0 Å². The molecule has 1 unspecified atom stereocenters. The Hall–Kier alpha value is -2.77. The lowest BCUT2D eigenvalue weighted by molar-refractivity contribution is -0.142. The van der Waals surface area contributed by atoms with Gasteiger partial charge in [-0.2, -0.15) is 0 Å². The molecule has 0 bridgehead atoms. The number of carbonyl (C=O) groups excluding carboxylic acids is 2. The van der Waals surface area contributed by atoms with Crippen LogP contribution in [0.3, 0.4) is 0 Å². The van der Waals surface area contributed by atoms with Gasteiger partial charge in [0.25, 0.3) is 5.91 Å². The number of primary amides is 1. The zero-order valence-corrected chi connectivity index (χ0v) is 14.5. The van der Waals surface area contributed by atoms with Gasteiger partial charge in [0.05, 0.1) is 5.92 Å². The molecule has 0 fully saturated rings. The van der Waals surface area contributed by atoms with Gasteiger partial charge in [0.2, 0.25) is 0 Å². The highest BCUT2D eigenvalue weighted by molar-refractivity contribution is 5.76. The molecule has 0 radical (unpaired) electrons. The Bertz CT molecular complexity index is 604. The van der Waals surface area contributed by atoms with Crippen molar-refractivity contribution < 1.29 is 24.2 Å². The summed E-state index contributed by atoms with van der Waals surface area (Å²) in [5, 5.41) is 14.4. The molecular formula is C17H25N3O5. The maximum Gasteiger partial charge on any atom is 0.315 e. The van der Waals surface area contributed by atoms with E-state index in [0.717, 1.165) is 5.56 Å². The summed E-state index contributed by atoms with van der Waals surface area (Å²) in [4.78, 5) is 33.7. The van der Waals surface area contributed by atoms with E-state index in [1.54, 1.807) is 24.3 Å². The Balaban J connectivity index is 2.44. The van der Waals surface area contributed by atoms with Gasteiger partial charge in [0.1, 0.15) is 5.75 Å². The first-order chi connectivity index (χ1) is 11.8. The smallest absolute Gasteiger partial charge is 0.315 e. The molecule has 1 aromatic carbocycles. The van der Waals surface area contributed by atoms with Crippen LogP contribution in [0.2, 0.25) is 0 Å². The second kappa shape index (κ2) is 10.2. The molecule has 138 valence electrons. The van der Waals surface area contributed by atoms with Gasteiger partial charge < -0.3 is 26.2 Å². The highest BCUT2D eigenvalue weighted by atomic mass is 16.5. The van der Waals surface area contributed by atoms with Gasteiger partial charge in [0.15, 0.2) is 6.61 Å². The van der Waals surface area contributed by atoms with Gasteiger partial charge in [-0.1, -0.05) is 26.0 Å². The summed E-state index contributed by atoms with van der Waals surface area (Å²) in [5.74, 6) is -1.41. The first-order valence-electron chi connectivity index (χ1n) is 8.02. The zero-order valence-electron chi connectivity index (χ0n) is 14.5. The number of hydrogen-bond donors (Lipinski definition) is 4. The average Bonchev–Trinajstić information content (AvgIpc) is 2.54. The Morgan fingerprint density at radius 2 is 1.96 bits per heavy atom. The molecule has 1 aromatic rings. The second-order valence-corrected chi connectivity index (χ2v) is 6.13. The van der Waals surface area contributed by atoms with Crippen molar-refractivity contribution in [1.82, 2.24) is 10.6 Å². The Morgan fingerprint density at radius 3 is 2.56 bits per heavy atom. The summed E-state index contributed by atoms with van der Waals surface area (Å²) in [6.45, 7) is 3.96. The van der Waals surface area contributed by atoms with Crippen LogP contribution < -0.4 is 21.1 Å². The maximum absolute atomic E-state index is 11.8. The van der Waals surface area contributed by atoms with Crippen molar-refractivity contribution in [3.05, 3.63) is 29.8 Å². The number of benzene rings is 1. The number of nitrogens with one attached hydrogen (secondary N) is 2. The molecule has 8 heteroatoms. The number of aliphatic carboxylic acids is 1. The van der Waals surface area contributed by atoms with Crippen LogP contribution in [0.5, 0.6) is 5.75 Å². The predicted octanol–water partition coefficient (Wildman–Crippen LogP) is 1.10. The molecule has 25 heavy (non-hydrogen) atoms. The number of carbonyl (C=O) groups is 3. The SMILES string of the molecule is CC(C)CC(CNC(=O)NCc1cccc(OCC(N)=O)c1)C(=O)O. The minimum atomic E-state index is -0.923. The first-order valence-corrected chi connectivity index (χ1v) is 8.02. The monoisotopic (exact) mass is 351 g/mol. The van der Waals surface area contributed by atoms with Crippen LogP contribution in [0.25, 0.3) is 0 Å². The number of rotatable bonds is 10. The lowest BCUT2D eigenvalue weighted by Crippen LogP contribution is -2.39. The van der Waals surface area contributed by atoms with Crippen molar-refractivity contribution in [3.63, 3.8) is 0 Å². The maximum atomic E-state index is 11.8. The van der Waals surface area contributed by atoms with E-state index < -0.39 is 23.8 Å². The standard InChI is InChI=1S/C17H25N3O5/c1-11(2)6-13(16(22)23)9-20-17(24)19-8-12-4-3-5-14(7-12)25-10-15(18)21/h3-5,7,11,13H,6,8-10H2,1-2H3,(H2,18,21)(H,22,23)(H2,19,20,24). The highest BCUT2D eigenvalue weighted by Gasteiger charge is 2.19. The molecule has 0 saturated heterocycles. The third-order valence-corrected chi connectivity index (χ3v) is 3.35. The molecule has 0 aliphatic carbocycles. The quantitative estimate of drug-likeness (QED) is 0.501. The van der Waals surface area contributed by atoms with Crippen LogP contribution in [0.15, 0.2) is 24.3 Å². The molecule has 5 N–H and O–H groups in total. The molecule has 3 amide bonds. The summed E-state index contributed by atoms with van der Waals surface area (Å²) in [7, 11) is 0. The molecule has 0 saturated carbocycles. The lowest BCUT2D eigenvalue weighted by Gasteiger charge is -2.16. The van der Waals surface area contributed by atoms with E-state index in [-0.39, 0.29) is 25.6 Å². The van der Waals surface area contributed by atoms with Gasteiger partial charge in [-0.05, 0) is 30.0 Å². The number of carboxylic acids is 1. The molecule has 1 atom stereocenters. The van der Waals surface area contributed by atoms with Crippen LogP contribution in [0, 0.1) is 11.8 Å². The normalized spacial score (nSPS) is 11.6. The van der Waals surface area contributed by atoms with Crippen LogP contribution in [-0.4, -0.2) is 36.2 Å². The van der Waals surface area contributed by atoms with Gasteiger partial charge in [-0.25, -0.2) is 4.79 Å². The number of nitrogens with two attached hydrogens (primary N) is 1. The van der Waals surface area contributed by atoms with E-state index in [1.807, 2.05) is 13.8 Å². The van der Waals surface area contributed by atoms with Crippen molar-refractivity contribution in [3.8, 4) is 5.75 Å². The minimum absolute atomic E-state index is 0.0705. The van der Waals surface area contributed by atoms with E-state index in [0.29, 0.717) is 12.2 Å². The highest BCUT2D eigenvalue weighted by Crippen LogP contribution is 2.13. The Kier molecular flexibility index (Phi) is 8.25. The van der Waals surface area contributed by atoms with Crippen LogP contribution in [-0.2, 0) is 16.1 Å². The second-order valence-electron chi connectivity index (χ2n) is 6.13. The van der Waals surface area contributed by atoms with Crippen LogP contribution >= 0.6 is 0 Å². The number of ether oxygens (including phenoxy) is 1. The summed E-state index contributed by atoms with van der Waals surface area (Å²) in [6, 6.07) is 6.43. The number of amides is 3. The van der Waals surface area contributed by atoms with Gasteiger partial charge >= 0.3 is 12.0 Å². The summed E-state index contributed by atoms with van der Waals surface area (Å²) < 4.78 is 5.19. The van der Waals surface area contributed by atoms with E-state index in [2.05, 4.69) is 10.6 Å². The van der Waals surface area contributed by atoms with Crippen molar-refractivity contribution in [2.24, 2.45) is 17.6 Å². The fourth-order valence-electron chi connectivity index (χ4n) is 2.20. The summed E-state index contributed by atoms with van der Waals surface area (Å²) in [5.41, 5.74) is 5.79. The largest absolute Gasteiger partial charge is 0.484 e. The van der Waals surface area contributed by atoms with Crippen LogP contribution in [0.4, 0.5) is 4.79 Å². The zero-order chi connectivity index (χ0) is 18.8. The van der Waals surface area contributed by atoms with Crippen molar-refractivity contribution >= 4 is 17.9 Å². The average molecular weight is 351 g/mol. The molecule has 8 nitrogen and oxygen atoms in total. The van der Waals surface area contributed by atoms with E-state index in [4.69, 9.17) is 15.6 Å². The van der Waals surface area contributed by atoms with Crippen molar-refractivity contribution in [2.75, 3.05) is 13.2 Å². The number of hydrogen-bond acceptors (Lipinski definition) is 4. The third-order valence-electron chi connectivity index (χ3n) is 3.35. The molecule has 0 aliphatic rings. The molecule has 0 aromatic heterocycles. The Labute approximate surface area is 146 Å². The van der Waals surface area contributed by atoms with Gasteiger partial charge in [0, 0.05) is 13.1 Å². The fraction of sp³-hybridized carbons (Fsp3) is 0.471. The fourth-order valence-corrected chi connectivity index (χ4v) is 2.20. The van der Waals surface area contributed by atoms with E-state index in [9.17, 15) is 14.4 Å². The Morgan fingerprint density at radius 1 is 1.24 bits per heavy atom. The number of carboxylic acid groups (broad SMARTS) is 1. The summed E-state index contributed by atoms with van der Waals surface area (Å²) in [6.07, 6.45) is 0.495. The molecular weight excluding hydrogens is 326 g/mol. The molecule has 0 spiro atoms. The van der Waals surface area contributed by atoms with Gasteiger partial charge in [-0.15, -0.1) is 0 Å². The van der Waals surface area contributed by atoms with E-state index in [1.165, 1.54) is 0 Å². The topological polar surface area (TPSA) is 131 Å². The minimum Gasteiger partial charge on any atom is -0.484 e. The van der Waals surface area contributed by atoms with Gasteiger partial charge in [-0.3, -0.25) is 9.59 Å². The van der Waals surface area contributed by atoms with Crippen molar-refractivity contribution in [2.45, 2.75) is 26.8 Å². The molecule has 1 rings (SSSR count). The third kappa shape index (κ3) is 8.59. The van der Waals surface area contributed by atoms with Crippen LogP contribution in [0.1, 0.15) is 25.8 Å².